The number of aromatic carboxylic acids is 1. The van der Waals surface area contributed by atoms with Crippen LogP contribution in [0.1, 0.15) is 33.8 Å². The molecule has 5 heteroatoms. The van der Waals surface area contributed by atoms with Crippen LogP contribution in [0.4, 0.5) is 5.69 Å². The number of allylic oxidation sites excluding steroid dienone is 2. The molecular weight excluding hydrogens is 364 g/mol. The molecule has 0 aromatic heterocycles. The monoisotopic (exact) mass is 391 g/mol. The summed E-state index contributed by atoms with van der Waals surface area (Å²) in [6, 6.07) is 13.8. The normalized spacial score (nSPS) is 20.2. The van der Waals surface area contributed by atoms with Crippen LogP contribution >= 0.6 is 0 Å². The van der Waals surface area contributed by atoms with Crippen molar-refractivity contribution in [3.63, 3.8) is 0 Å². The maximum absolute atomic E-state index is 11.9. The highest BCUT2D eigenvalue weighted by atomic mass is 16.5. The third kappa shape index (κ3) is 3.42. The van der Waals surface area contributed by atoms with E-state index in [0.29, 0.717) is 11.6 Å². The van der Waals surface area contributed by atoms with Gasteiger partial charge in [-0.15, -0.1) is 0 Å². The van der Waals surface area contributed by atoms with Crippen molar-refractivity contribution >= 4 is 11.7 Å². The van der Waals surface area contributed by atoms with E-state index < -0.39 is 5.97 Å². The molecule has 1 aliphatic carbocycles. The Kier molecular flexibility index (Phi) is 4.92. The van der Waals surface area contributed by atoms with Crippen LogP contribution < -0.4 is 14.5 Å². The summed E-state index contributed by atoms with van der Waals surface area (Å²) >= 11 is 0. The lowest BCUT2D eigenvalue weighted by atomic mass is 9.78. The number of hydrogen-bond acceptors (Lipinski definition) is 3. The molecule has 0 saturated heterocycles. The Morgan fingerprint density at radius 1 is 1.14 bits per heavy atom. The van der Waals surface area contributed by atoms with E-state index in [1.807, 2.05) is 37.2 Å². The minimum atomic E-state index is -0.906. The number of rotatable bonds is 4. The molecule has 0 spiro atoms. The Bertz CT molecular complexity index is 1020. The van der Waals surface area contributed by atoms with Crippen LogP contribution in [-0.2, 0) is 0 Å². The number of hydrogen-bond donors (Lipinski definition) is 2. The number of carbonyl (C=O) groups is 1. The maximum Gasteiger partial charge on any atom is 0.335 e. The summed E-state index contributed by atoms with van der Waals surface area (Å²) in [4.78, 5) is 15.3. The van der Waals surface area contributed by atoms with Gasteiger partial charge >= 0.3 is 5.97 Å². The van der Waals surface area contributed by atoms with E-state index in [9.17, 15) is 9.90 Å². The summed E-state index contributed by atoms with van der Waals surface area (Å²) in [6.45, 7) is 0. The zero-order valence-corrected chi connectivity index (χ0v) is 17.3. The van der Waals surface area contributed by atoms with Crippen LogP contribution in [0.5, 0.6) is 5.75 Å². The Morgan fingerprint density at radius 3 is 2.59 bits per heavy atom. The quantitative estimate of drug-likeness (QED) is 0.842. The molecule has 5 nitrogen and oxygen atoms in total. The van der Waals surface area contributed by atoms with E-state index in [-0.39, 0.29) is 5.92 Å². The second kappa shape index (κ2) is 7.41. The van der Waals surface area contributed by atoms with Gasteiger partial charge in [0.25, 0.3) is 0 Å². The molecule has 1 heterocycles. The van der Waals surface area contributed by atoms with Gasteiger partial charge in [-0.25, -0.2) is 4.79 Å². The molecule has 0 saturated carbocycles. The SMILES string of the molecule is CN(C)c1ccc2c(c1)OC1=C(C=CC([NH+](C)C)C1)C2c1ccccc1C(=O)O. The highest BCUT2D eigenvalue weighted by Crippen LogP contribution is 2.47. The van der Waals surface area contributed by atoms with Crippen molar-refractivity contribution in [1.82, 2.24) is 0 Å². The van der Waals surface area contributed by atoms with Crippen LogP contribution in [0.2, 0.25) is 0 Å². The number of ether oxygens (including phenoxy) is 1. The highest BCUT2D eigenvalue weighted by molar-refractivity contribution is 5.90. The van der Waals surface area contributed by atoms with Gasteiger partial charge in [0.05, 0.1) is 26.1 Å². The Morgan fingerprint density at radius 2 is 1.90 bits per heavy atom. The molecule has 0 radical (unpaired) electrons. The first-order valence-electron chi connectivity index (χ1n) is 9.89. The van der Waals surface area contributed by atoms with Crippen LogP contribution in [0, 0.1) is 0 Å². The first-order valence-corrected chi connectivity index (χ1v) is 9.89. The first-order chi connectivity index (χ1) is 13.9. The van der Waals surface area contributed by atoms with Gasteiger partial charge in [0.1, 0.15) is 17.6 Å². The molecular formula is C24H27N2O3+. The van der Waals surface area contributed by atoms with Gasteiger partial charge < -0.3 is 19.6 Å². The fourth-order valence-corrected chi connectivity index (χ4v) is 4.16. The number of likely N-dealkylation sites (N-methyl/N-ethyl adjacent to an activating group) is 1. The van der Waals surface area contributed by atoms with Crippen molar-refractivity contribution < 1.29 is 19.5 Å². The zero-order chi connectivity index (χ0) is 20.7. The Hall–Kier alpha value is -3.05. The molecule has 0 fully saturated rings. The fourth-order valence-electron chi connectivity index (χ4n) is 4.16. The molecule has 2 unspecified atom stereocenters. The molecule has 0 amide bonds. The molecule has 4 rings (SSSR count). The van der Waals surface area contributed by atoms with Gasteiger partial charge in [0.15, 0.2) is 0 Å². The van der Waals surface area contributed by atoms with Gasteiger partial charge in [-0.3, -0.25) is 0 Å². The first kappa shape index (κ1) is 19.3. The van der Waals surface area contributed by atoms with Crippen LogP contribution in [0.25, 0.3) is 0 Å². The van der Waals surface area contributed by atoms with E-state index in [0.717, 1.165) is 40.3 Å². The second-order valence-electron chi connectivity index (χ2n) is 8.17. The average Bonchev–Trinajstić information content (AvgIpc) is 2.70. The van der Waals surface area contributed by atoms with E-state index in [1.54, 1.807) is 12.1 Å². The standard InChI is InChI=1S/C24H26N2O3/c1-25(2)15-9-11-19-21(13-15)29-22-14-16(26(3)4)10-12-20(22)23(19)17-7-5-6-8-18(17)24(27)28/h5-13,16,23H,14H2,1-4H3,(H,27,28)/p+1. The topological polar surface area (TPSA) is 54.2 Å². The number of nitrogens with zero attached hydrogens (tertiary/aromatic N) is 1. The minimum Gasteiger partial charge on any atom is -0.478 e. The summed E-state index contributed by atoms with van der Waals surface area (Å²) in [5.74, 6) is 0.679. The molecule has 2 aromatic carbocycles. The van der Waals surface area contributed by atoms with E-state index in [4.69, 9.17) is 4.74 Å². The predicted molar refractivity (Wildman–Crippen MR) is 114 cm³/mol. The van der Waals surface area contributed by atoms with E-state index in [1.165, 1.54) is 4.90 Å². The number of anilines is 1. The average molecular weight is 391 g/mol. The van der Waals surface area contributed by atoms with Crippen molar-refractivity contribution in [2.24, 2.45) is 0 Å². The zero-order valence-electron chi connectivity index (χ0n) is 17.3. The largest absolute Gasteiger partial charge is 0.478 e. The van der Waals surface area contributed by atoms with Gasteiger partial charge in [-0.05, 0) is 23.8 Å². The Balaban J connectivity index is 1.90. The van der Waals surface area contributed by atoms with E-state index >= 15 is 0 Å². The lowest BCUT2D eigenvalue weighted by Crippen LogP contribution is -3.09. The predicted octanol–water partition coefficient (Wildman–Crippen LogP) is 2.70. The molecule has 29 heavy (non-hydrogen) atoms. The van der Waals surface area contributed by atoms with Crippen LogP contribution in [0.3, 0.4) is 0 Å². The third-order valence-electron chi connectivity index (χ3n) is 5.85. The van der Waals surface area contributed by atoms with Crippen molar-refractivity contribution in [1.29, 1.82) is 0 Å². The number of quaternary nitrogens is 1. The summed E-state index contributed by atoms with van der Waals surface area (Å²) in [6.07, 6.45) is 5.14. The van der Waals surface area contributed by atoms with E-state index in [2.05, 4.69) is 38.4 Å². The van der Waals surface area contributed by atoms with Crippen LogP contribution in [0.15, 0.2) is 65.9 Å². The van der Waals surface area contributed by atoms with Crippen molar-refractivity contribution in [2.75, 3.05) is 33.1 Å². The number of nitrogens with one attached hydrogen (secondary N) is 1. The van der Waals surface area contributed by atoms with Gasteiger partial charge in [-0.2, -0.15) is 0 Å². The smallest absolute Gasteiger partial charge is 0.335 e. The Labute approximate surface area is 171 Å². The van der Waals surface area contributed by atoms with Gasteiger partial charge in [0.2, 0.25) is 0 Å². The van der Waals surface area contributed by atoms with Gasteiger partial charge in [-0.1, -0.05) is 30.3 Å². The molecule has 1 aliphatic heterocycles. The van der Waals surface area contributed by atoms with Crippen molar-refractivity contribution in [3.8, 4) is 5.75 Å². The highest BCUT2D eigenvalue weighted by Gasteiger charge is 2.35. The van der Waals surface area contributed by atoms with Gasteiger partial charge in [0, 0.05) is 42.9 Å². The summed E-state index contributed by atoms with van der Waals surface area (Å²) in [5, 5.41) is 9.80. The van der Waals surface area contributed by atoms with Crippen molar-refractivity contribution in [2.45, 2.75) is 18.4 Å². The third-order valence-corrected chi connectivity index (χ3v) is 5.85. The summed E-state index contributed by atoms with van der Waals surface area (Å²) < 4.78 is 6.40. The fraction of sp³-hybridized carbons (Fsp3) is 0.292. The lowest BCUT2D eigenvalue weighted by molar-refractivity contribution is -0.878. The second-order valence-corrected chi connectivity index (χ2v) is 8.17. The van der Waals surface area contributed by atoms with Crippen molar-refractivity contribution in [3.05, 3.63) is 82.6 Å². The molecule has 2 N–H and O–H groups in total. The molecule has 0 bridgehead atoms. The number of fused-ring (bicyclic) bond motifs is 1. The molecule has 150 valence electrons. The summed E-state index contributed by atoms with van der Waals surface area (Å²) in [5.41, 5.74) is 4.25. The number of benzene rings is 2. The maximum atomic E-state index is 11.9. The summed E-state index contributed by atoms with van der Waals surface area (Å²) in [7, 11) is 8.28. The van der Waals surface area contributed by atoms with Crippen LogP contribution in [-0.4, -0.2) is 45.3 Å². The molecule has 2 atom stereocenters. The minimum absolute atomic E-state index is 0.161. The molecule has 2 aromatic rings. The lowest BCUT2D eigenvalue weighted by Gasteiger charge is -2.34. The molecule has 2 aliphatic rings. The number of carboxylic acid groups (broad SMARTS) is 1. The number of carboxylic acids is 1.